The van der Waals surface area contributed by atoms with Gasteiger partial charge in [-0.05, 0) is 48.7 Å². The van der Waals surface area contributed by atoms with Crippen molar-refractivity contribution in [1.29, 1.82) is 0 Å². The van der Waals surface area contributed by atoms with Crippen LogP contribution >= 0.6 is 0 Å². The third kappa shape index (κ3) is 3.52. The summed E-state index contributed by atoms with van der Waals surface area (Å²) in [5, 5.41) is 0. The lowest BCUT2D eigenvalue weighted by Gasteiger charge is -2.21. The number of nitrogens with two attached hydrogens (primary N) is 1. The van der Waals surface area contributed by atoms with Gasteiger partial charge in [0.2, 0.25) is 5.91 Å². The highest BCUT2D eigenvalue weighted by Crippen LogP contribution is 2.32. The smallest absolute Gasteiger partial charge is 0.227 e. The number of anilines is 1. The van der Waals surface area contributed by atoms with Gasteiger partial charge in [-0.25, -0.2) is 4.39 Å². The van der Waals surface area contributed by atoms with Crippen molar-refractivity contribution in [2.75, 3.05) is 12.3 Å². The fourth-order valence-corrected chi connectivity index (χ4v) is 3.27. The van der Waals surface area contributed by atoms with Gasteiger partial charge in [-0.3, -0.25) is 4.79 Å². The topological polar surface area (TPSA) is 46.3 Å². The Hall–Kier alpha value is -2.36. The minimum atomic E-state index is -0.226. The van der Waals surface area contributed by atoms with E-state index < -0.39 is 0 Å². The van der Waals surface area contributed by atoms with Crippen LogP contribution in [0.15, 0.2) is 48.5 Å². The summed E-state index contributed by atoms with van der Waals surface area (Å²) in [4.78, 5) is 14.5. The number of likely N-dealkylation sites (tertiary alicyclic amines) is 1. The summed E-state index contributed by atoms with van der Waals surface area (Å²) in [7, 11) is 0. The predicted octanol–water partition coefficient (Wildman–Crippen LogP) is 3.36. The number of hydrogen-bond acceptors (Lipinski definition) is 2. The monoisotopic (exact) mass is 312 g/mol. The molecule has 3 nitrogen and oxygen atoms in total. The molecule has 1 saturated heterocycles. The molecule has 1 amide bonds. The maximum absolute atomic E-state index is 13.1. The maximum atomic E-state index is 13.1. The molecule has 1 aliphatic rings. The van der Waals surface area contributed by atoms with Crippen LogP contribution in [-0.4, -0.2) is 23.4 Å². The Morgan fingerprint density at radius 3 is 2.48 bits per heavy atom. The average molecular weight is 312 g/mol. The van der Waals surface area contributed by atoms with Crippen LogP contribution in [0, 0.1) is 5.82 Å². The molecule has 2 unspecified atom stereocenters. The molecule has 3 rings (SSSR count). The van der Waals surface area contributed by atoms with E-state index in [1.807, 2.05) is 41.3 Å². The number of carbonyl (C=O) groups excluding carboxylic acids is 1. The zero-order valence-electron chi connectivity index (χ0n) is 13.2. The van der Waals surface area contributed by atoms with Crippen LogP contribution in [0.25, 0.3) is 0 Å². The van der Waals surface area contributed by atoms with Crippen molar-refractivity contribution in [1.82, 2.24) is 4.90 Å². The number of hydrogen-bond donors (Lipinski definition) is 1. The van der Waals surface area contributed by atoms with Crippen molar-refractivity contribution in [2.24, 2.45) is 0 Å². The fraction of sp³-hybridized carbons (Fsp3) is 0.316. The van der Waals surface area contributed by atoms with Gasteiger partial charge < -0.3 is 10.6 Å². The van der Waals surface area contributed by atoms with Crippen LogP contribution in [0.1, 0.15) is 30.4 Å². The van der Waals surface area contributed by atoms with Crippen molar-refractivity contribution < 1.29 is 9.18 Å². The van der Waals surface area contributed by atoms with Crippen molar-refractivity contribution in [3.05, 3.63) is 65.5 Å². The Morgan fingerprint density at radius 2 is 1.83 bits per heavy atom. The maximum Gasteiger partial charge on any atom is 0.227 e. The molecule has 4 heteroatoms. The molecule has 2 N–H and O–H groups in total. The molecule has 2 atom stereocenters. The Balaban J connectivity index is 1.67. The molecule has 2 aromatic carbocycles. The summed E-state index contributed by atoms with van der Waals surface area (Å²) in [5.74, 6) is 0.184. The Bertz CT molecular complexity index is 682. The van der Waals surface area contributed by atoms with E-state index in [-0.39, 0.29) is 23.7 Å². The quantitative estimate of drug-likeness (QED) is 0.883. The molecule has 1 fully saturated rings. The lowest BCUT2D eigenvalue weighted by Crippen LogP contribution is -2.35. The van der Waals surface area contributed by atoms with Gasteiger partial charge in [0.25, 0.3) is 0 Å². The summed E-state index contributed by atoms with van der Waals surface area (Å²) >= 11 is 0. The van der Waals surface area contributed by atoms with E-state index in [1.165, 1.54) is 12.1 Å². The van der Waals surface area contributed by atoms with Gasteiger partial charge in [-0.1, -0.05) is 24.3 Å². The number of carbonyl (C=O) groups is 1. The molecule has 0 saturated carbocycles. The molecule has 0 spiro atoms. The summed E-state index contributed by atoms with van der Waals surface area (Å²) in [6.07, 6.45) is 1.31. The van der Waals surface area contributed by atoms with Crippen molar-refractivity contribution in [3.8, 4) is 0 Å². The van der Waals surface area contributed by atoms with Gasteiger partial charge in [0, 0.05) is 24.2 Å². The molecular formula is C19H21FN2O. The summed E-state index contributed by atoms with van der Waals surface area (Å²) in [6, 6.07) is 14.2. The van der Waals surface area contributed by atoms with E-state index in [9.17, 15) is 9.18 Å². The van der Waals surface area contributed by atoms with Gasteiger partial charge in [0.15, 0.2) is 0 Å². The first-order valence-corrected chi connectivity index (χ1v) is 7.92. The predicted molar refractivity (Wildman–Crippen MR) is 89.5 cm³/mol. The van der Waals surface area contributed by atoms with Gasteiger partial charge in [-0.2, -0.15) is 0 Å². The lowest BCUT2D eigenvalue weighted by molar-refractivity contribution is -0.131. The highest BCUT2D eigenvalue weighted by atomic mass is 19.1. The molecule has 0 aliphatic carbocycles. The van der Waals surface area contributed by atoms with E-state index in [4.69, 9.17) is 5.73 Å². The zero-order valence-corrected chi connectivity index (χ0v) is 13.2. The number of rotatable bonds is 3. The Morgan fingerprint density at radius 1 is 1.17 bits per heavy atom. The number of nitrogen functional groups attached to an aromatic ring is 1. The summed E-state index contributed by atoms with van der Waals surface area (Å²) in [5.41, 5.74) is 8.45. The second-order valence-corrected chi connectivity index (χ2v) is 6.30. The molecule has 0 radical (unpaired) electrons. The minimum Gasteiger partial charge on any atom is -0.399 e. The van der Waals surface area contributed by atoms with Gasteiger partial charge >= 0.3 is 0 Å². The fourth-order valence-electron chi connectivity index (χ4n) is 3.27. The van der Waals surface area contributed by atoms with E-state index >= 15 is 0 Å². The lowest BCUT2D eigenvalue weighted by atomic mass is 9.97. The number of nitrogens with zero attached hydrogens (tertiary/aromatic N) is 1. The average Bonchev–Trinajstić information content (AvgIpc) is 2.92. The van der Waals surface area contributed by atoms with Crippen molar-refractivity contribution >= 4 is 11.6 Å². The van der Waals surface area contributed by atoms with Gasteiger partial charge in [0.05, 0.1) is 6.42 Å². The van der Waals surface area contributed by atoms with Crippen LogP contribution in [0.2, 0.25) is 0 Å². The standard InChI is InChI=1S/C19H21FN2O/c1-13-10-16(15-4-6-17(20)7-5-15)12-22(13)19(23)11-14-2-8-18(21)9-3-14/h2-9,13,16H,10-12,21H2,1H3. The summed E-state index contributed by atoms with van der Waals surface area (Å²) in [6.45, 7) is 2.77. The molecular weight excluding hydrogens is 291 g/mol. The van der Waals surface area contributed by atoms with E-state index in [0.717, 1.165) is 17.5 Å². The van der Waals surface area contributed by atoms with E-state index in [2.05, 4.69) is 6.92 Å². The van der Waals surface area contributed by atoms with E-state index in [1.54, 1.807) is 0 Å². The SMILES string of the molecule is CC1CC(c2ccc(F)cc2)CN1C(=O)Cc1ccc(N)cc1. The van der Waals surface area contributed by atoms with Crippen molar-refractivity contribution in [3.63, 3.8) is 0 Å². The first kappa shape index (κ1) is 15.5. The molecule has 2 aromatic rings. The highest BCUT2D eigenvalue weighted by molar-refractivity contribution is 5.79. The molecule has 0 bridgehead atoms. The minimum absolute atomic E-state index is 0.131. The summed E-state index contributed by atoms with van der Waals surface area (Å²) < 4.78 is 13.1. The molecule has 120 valence electrons. The zero-order chi connectivity index (χ0) is 16.4. The number of amides is 1. The highest BCUT2D eigenvalue weighted by Gasteiger charge is 2.32. The van der Waals surface area contributed by atoms with Crippen LogP contribution < -0.4 is 5.73 Å². The second-order valence-electron chi connectivity index (χ2n) is 6.30. The van der Waals surface area contributed by atoms with Crippen molar-refractivity contribution in [2.45, 2.75) is 31.7 Å². The largest absolute Gasteiger partial charge is 0.399 e. The third-order valence-electron chi connectivity index (χ3n) is 4.57. The third-order valence-corrected chi connectivity index (χ3v) is 4.57. The van der Waals surface area contributed by atoms with Crippen LogP contribution in [0.5, 0.6) is 0 Å². The Kier molecular flexibility index (Phi) is 4.33. The molecule has 1 heterocycles. The molecule has 23 heavy (non-hydrogen) atoms. The number of halogens is 1. The van der Waals surface area contributed by atoms with E-state index in [0.29, 0.717) is 18.7 Å². The first-order valence-electron chi connectivity index (χ1n) is 7.92. The second kappa shape index (κ2) is 6.41. The molecule has 1 aliphatic heterocycles. The normalized spacial score (nSPS) is 20.7. The first-order chi connectivity index (χ1) is 11.0. The van der Waals surface area contributed by atoms with Gasteiger partial charge in [0.1, 0.15) is 5.82 Å². The molecule has 0 aromatic heterocycles. The van der Waals surface area contributed by atoms with Crippen LogP contribution in [-0.2, 0) is 11.2 Å². The Labute approximate surface area is 135 Å². The van der Waals surface area contributed by atoms with Crippen LogP contribution in [0.3, 0.4) is 0 Å². The number of benzene rings is 2. The van der Waals surface area contributed by atoms with Crippen LogP contribution in [0.4, 0.5) is 10.1 Å². The van der Waals surface area contributed by atoms with Gasteiger partial charge in [-0.15, -0.1) is 0 Å².